The highest BCUT2D eigenvalue weighted by molar-refractivity contribution is 5.87. The summed E-state index contributed by atoms with van der Waals surface area (Å²) < 4.78 is 7.00. The fourth-order valence-electron chi connectivity index (χ4n) is 2.56. The fourth-order valence-corrected chi connectivity index (χ4v) is 2.56. The van der Waals surface area contributed by atoms with E-state index in [4.69, 9.17) is 10.2 Å². The number of nitrogen functional groups attached to an aromatic ring is 1. The minimum atomic E-state index is -0.188. The van der Waals surface area contributed by atoms with E-state index < -0.39 is 0 Å². The third-order valence-electron chi connectivity index (χ3n) is 3.74. The Morgan fingerprint density at radius 2 is 2.12 bits per heavy atom. The van der Waals surface area contributed by atoms with Gasteiger partial charge in [-0.2, -0.15) is 4.98 Å². The molecule has 0 bridgehead atoms. The monoisotopic (exact) mass is 349 g/mol. The lowest BCUT2D eigenvalue weighted by Gasteiger charge is -2.06. The van der Waals surface area contributed by atoms with E-state index in [0.717, 1.165) is 5.69 Å². The average molecular weight is 349 g/mol. The van der Waals surface area contributed by atoms with E-state index in [-0.39, 0.29) is 18.4 Å². The molecule has 4 heterocycles. The van der Waals surface area contributed by atoms with Crippen LogP contribution in [-0.4, -0.2) is 30.4 Å². The van der Waals surface area contributed by atoms with Gasteiger partial charge in [-0.3, -0.25) is 9.78 Å². The molecule has 0 spiro atoms. The Morgan fingerprint density at radius 3 is 2.88 bits per heavy atom. The third kappa shape index (κ3) is 3.09. The normalized spacial score (nSPS) is 10.9. The van der Waals surface area contributed by atoms with E-state index in [2.05, 4.69) is 25.3 Å². The molecule has 0 aliphatic rings. The summed E-state index contributed by atoms with van der Waals surface area (Å²) in [5.74, 6) is 0.431. The molecule has 0 fully saturated rings. The van der Waals surface area contributed by atoms with Crippen molar-refractivity contribution >= 4 is 23.0 Å². The van der Waals surface area contributed by atoms with Gasteiger partial charge < -0.3 is 20.0 Å². The molecule has 0 aliphatic carbocycles. The number of hydrogen-bond acceptors (Lipinski definition) is 7. The van der Waals surface area contributed by atoms with Crippen molar-refractivity contribution < 1.29 is 9.21 Å². The molecule has 3 N–H and O–H groups in total. The van der Waals surface area contributed by atoms with Crippen molar-refractivity contribution in [2.75, 3.05) is 5.73 Å². The first kappa shape index (κ1) is 15.8. The Hall–Kier alpha value is -3.75. The molecule has 0 unspecified atom stereocenters. The number of carbonyl (C=O) groups is 1. The standard InChI is InChI=1S/C17H15N7O2/c18-17-22-14(12-5-3-7-26-12)15-16(23-17)24(10-21-15)9-13(25)20-8-11-4-1-2-6-19-11/h1-7,10H,8-9H2,(H,20,25)(H2,18,22,23). The number of amides is 1. The van der Waals surface area contributed by atoms with Crippen molar-refractivity contribution in [1.82, 2.24) is 29.8 Å². The second-order valence-electron chi connectivity index (χ2n) is 5.55. The van der Waals surface area contributed by atoms with Crippen molar-refractivity contribution in [3.05, 3.63) is 54.8 Å². The number of imidazole rings is 1. The highest BCUT2D eigenvalue weighted by atomic mass is 16.3. The average Bonchev–Trinajstić information content (AvgIpc) is 3.31. The van der Waals surface area contributed by atoms with Gasteiger partial charge in [0.25, 0.3) is 0 Å². The van der Waals surface area contributed by atoms with Crippen LogP contribution in [-0.2, 0) is 17.9 Å². The molecule has 4 aromatic heterocycles. The molecule has 26 heavy (non-hydrogen) atoms. The van der Waals surface area contributed by atoms with E-state index in [0.29, 0.717) is 29.2 Å². The van der Waals surface area contributed by atoms with Crippen LogP contribution in [0.15, 0.2) is 53.5 Å². The number of furan rings is 1. The molecule has 9 nitrogen and oxygen atoms in total. The molecular weight excluding hydrogens is 334 g/mol. The number of nitrogens with zero attached hydrogens (tertiary/aromatic N) is 5. The molecule has 9 heteroatoms. The van der Waals surface area contributed by atoms with Crippen LogP contribution in [0, 0.1) is 0 Å². The topological polar surface area (TPSA) is 125 Å². The lowest BCUT2D eigenvalue weighted by Crippen LogP contribution is -2.27. The highest BCUT2D eigenvalue weighted by Crippen LogP contribution is 2.25. The Morgan fingerprint density at radius 1 is 1.19 bits per heavy atom. The van der Waals surface area contributed by atoms with Gasteiger partial charge in [-0.25, -0.2) is 9.97 Å². The molecule has 0 radical (unpaired) electrons. The van der Waals surface area contributed by atoms with E-state index in [9.17, 15) is 4.79 Å². The van der Waals surface area contributed by atoms with Crippen LogP contribution < -0.4 is 11.1 Å². The number of fused-ring (bicyclic) bond motifs is 1. The number of nitrogens with two attached hydrogens (primary N) is 1. The lowest BCUT2D eigenvalue weighted by molar-refractivity contribution is -0.121. The van der Waals surface area contributed by atoms with E-state index in [1.165, 1.54) is 6.33 Å². The smallest absolute Gasteiger partial charge is 0.240 e. The van der Waals surface area contributed by atoms with Crippen LogP contribution in [0.25, 0.3) is 22.6 Å². The zero-order valence-electron chi connectivity index (χ0n) is 13.7. The summed E-state index contributed by atoms with van der Waals surface area (Å²) >= 11 is 0. The predicted octanol–water partition coefficient (Wildman–Crippen LogP) is 1.38. The van der Waals surface area contributed by atoms with Gasteiger partial charge in [0.05, 0.1) is 24.8 Å². The molecule has 4 aromatic rings. The Balaban J connectivity index is 1.56. The van der Waals surface area contributed by atoms with Crippen molar-refractivity contribution in [2.24, 2.45) is 0 Å². The number of aromatic nitrogens is 5. The maximum absolute atomic E-state index is 12.2. The number of hydrogen-bond donors (Lipinski definition) is 2. The van der Waals surface area contributed by atoms with Crippen LogP contribution in [0.5, 0.6) is 0 Å². The summed E-state index contributed by atoms with van der Waals surface area (Å²) in [4.78, 5) is 29.1. The van der Waals surface area contributed by atoms with Crippen LogP contribution >= 0.6 is 0 Å². The number of anilines is 1. The van der Waals surface area contributed by atoms with Gasteiger partial charge in [0, 0.05) is 6.20 Å². The second-order valence-corrected chi connectivity index (χ2v) is 5.55. The minimum absolute atomic E-state index is 0.0530. The molecule has 4 rings (SSSR count). The summed E-state index contributed by atoms with van der Waals surface area (Å²) in [6, 6.07) is 9.05. The van der Waals surface area contributed by atoms with Crippen LogP contribution in [0.2, 0.25) is 0 Å². The van der Waals surface area contributed by atoms with Crippen molar-refractivity contribution in [1.29, 1.82) is 0 Å². The number of rotatable bonds is 5. The maximum Gasteiger partial charge on any atom is 0.240 e. The summed E-state index contributed by atoms with van der Waals surface area (Å²) in [5, 5.41) is 2.82. The van der Waals surface area contributed by atoms with Crippen molar-refractivity contribution in [3.63, 3.8) is 0 Å². The zero-order valence-corrected chi connectivity index (χ0v) is 13.7. The molecule has 130 valence electrons. The molecule has 0 saturated heterocycles. The molecule has 1 amide bonds. The van der Waals surface area contributed by atoms with Crippen LogP contribution in [0.3, 0.4) is 0 Å². The Labute approximate surface area is 147 Å². The van der Waals surface area contributed by atoms with Crippen molar-refractivity contribution in [3.8, 4) is 11.5 Å². The summed E-state index contributed by atoms with van der Waals surface area (Å²) in [5.41, 5.74) is 8.07. The molecular formula is C17H15N7O2. The molecule has 0 saturated carbocycles. The second kappa shape index (κ2) is 6.63. The van der Waals surface area contributed by atoms with E-state index in [1.807, 2.05) is 18.2 Å². The van der Waals surface area contributed by atoms with Crippen LogP contribution in [0.4, 0.5) is 5.95 Å². The maximum atomic E-state index is 12.2. The summed E-state index contributed by atoms with van der Waals surface area (Å²) in [6.45, 7) is 0.401. The van der Waals surface area contributed by atoms with E-state index in [1.54, 1.807) is 29.2 Å². The highest BCUT2D eigenvalue weighted by Gasteiger charge is 2.16. The lowest BCUT2D eigenvalue weighted by atomic mass is 10.3. The van der Waals surface area contributed by atoms with Gasteiger partial charge in [0.1, 0.15) is 17.8 Å². The SMILES string of the molecule is Nc1nc(-c2ccco2)c2ncn(CC(=O)NCc3ccccn3)c2n1. The van der Waals surface area contributed by atoms with Crippen LogP contribution in [0.1, 0.15) is 5.69 Å². The minimum Gasteiger partial charge on any atom is -0.463 e. The summed E-state index contributed by atoms with van der Waals surface area (Å²) in [6.07, 6.45) is 4.76. The molecule has 0 atom stereocenters. The summed E-state index contributed by atoms with van der Waals surface area (Å²) in [7, 11) is 0. The zero-order chi connectivity index (χ0) is 17.9. The van der Waals surface area contributed by atoms with Gasteiger partial charge in [0.2, 0.25) is 11.9 Å². The largest absolute Gasteiger partial charge is 0.463 e. The number of carbonyl (C=O) groups excluding carboxylic acids is 1. The Bertz CT molecular complexity index is 1040. The molecule has 0 aromatic carbocycles. The molecule has 0 aliphatic heterocycles. The van der Waals surface area contributed by atoms with E-state index >= 15 is 0 Å². The quantitative estimate of drug-likeness (QED) is 0.557. The van der Waals surface area contributed by atoms with Crippen molar-refractivity contribution in [2.45, 2.75) is 13.1 Å². The Kier molecular flexibility index (Phi) is 4.02. The first-order chi connectivity index (χ1) is 12.7. The first-order valence-corrected chi connectivity index (χ1v) is 7.89. The van der Waals surface area contributed by atoms with Gasteiger partial charge in [0.15, 0.2) is 11.4 Å². The number of nitrogens with one attached hydrogen (secondary N) is 1. The predicted molar refractivity (Wildman–Crippen MR) is 93.5 cm³/mol. The van der Waals surface area contributed by atoms with Gasteiger partial charge in [-0.1, -0.05) is 6.07 Å². The van der Waals surface area contributed by atoms with Gasteiger partial charge in [-0.05, 0) is 24.3 Å². The van der Waals surface area contributed by atoms with Gasteiger partial charge >= 0.3 is 0 Å². The first-order valence-electron chi connectivity index (χ1n) is 7.89. The number of pyridine rings is 1. The fraction of sp³-hybridized carbons (Fsp3) is 0.118. The van der Waals surface area contributed by atoms with Gasteiger partial charge in [-0.15, -0.1) is 0 Å². The third-order valence-corrected chi connectivity index (χ3v) is 3.74.